The molecule has 1 saturated heterocycles. The quantitative estimate of drug-likeness (QED) is 0.700. The molecule has 0 amide bonds. The van der Waals surface area contributed by atoms with E-state index in [1.54, 1.807) is 0 Å². The SMILES string of the molecule is CC1CCNC(C2(F)CCC(N)CC2)C1. The monoisotopic (exact) mass is 214 g/mol. The molecule has 0 aromatic rings. The predicted molar refractivity (Wildman–Crippen MR) is 60.5 cm³/mol. The molecule has 2 unspecified atom stereocenters. The Morgan fingerprint density at radius 2 is 1.93 bits per heavy atom. The van der Waals surface area contributed by atoms with Gasteiger partial charge in [0.1, 0.15) is 5.67 Å². The zero-order chi connectivity index (χ0) is 10.9. The molecular formula is C12H23FN2. The highest BCUT2D eigenvalue weighted by Gasteiger charge is 2.42. The molecule has 2 atom stereocenters. The fourth-order valence-corrected chi connectivity index (χ4v) is 2.97. The molecule has 1 aliphatic carbocycles. The van der Waals surface area contributed by atoms with Gasteiger partial charge in [-0.25, -0.2) is 4.39 Å². The normalized spacial score (nSPS) is 47.8. The van der Waals surface area contributed by atoms with Crippen LogP contribution in [0.1, 0.15) is 45.4 Å². The Balaban J connectivity index is 1.95. The minimum Gasteiger partial charge on any atom is -0.328 e. The van der Waals surface area contributed by atoms with Crippen LogP contribution in [0.15, 0.2) is 0 Å². The van der Waals surface area contributed by atoms with Gasteiger partial charge in [0.15, 0.2) is 0 Å². The zero-order valence-electron chi connectivity index (χ0n) is 9.64. The topological polar surface area (TPSA) is 38.0 Å². The van der Waals surface area contributed by atoms with E-state index in [0.29, 0.717) is 18.8 Å². The first kappa shape index (κ1) is 11.3. The van der Waals surface area contributed by atoms with E-state index >= 15 is 0 Å². The second-order valence-corrected chi connectivity index (χ2v) is 5.51. The highest BCUT2D eigenvalue weighted by Crippen LogP contribution is 2.37. The molecule has 1 heterocycles. The molecule has 2 aliphatic rings. The molecule has 0 aromatic carbocycles. The summed E-state index contributed by atoms with van der Waals surface area (Å²) in [5.74, 6) is 0.666. The van der Waals surface area contributed by atoms with E-state index in [1.807, 2.05) is 0 Å². The lowest BCUT2D eigenvalue weighted by molar-refractivity contribution is 0.0344. The van der Waals surface area contributed by atoms with Crippen LogP contribution in [0.2, 0.25) is 0 Å². The standard InChI is InChI=1S/C12H23FN2/c1-9-4-7-15-11(8-9)12(13)5-2-10(14)3-6-12/h9-11,15H,2-8,14H2,1H3. The van der Waals surface area contributed by atoms with Crippen molar-refractivity contribution in [2.75, 3.05) is 6.54 Å². The first-order valence-electron chi connectivity index (χ1n) is 6.28. The van der Waals surface area contributed by atoms with Crippen molar-refractivity contribution in [2.45, 2.75) is 63.2 Å². The van der Waals surface area contributed by atoms with Crippen LogP contribution in [-0.2, 0) is 0 Å². The Hall–Kier alpha value is -0.150. The minimum atomic E-state index is -0.982. The molecule has 2 fully saturated rings. The van der Waals surface area contributed by atoms with Crippen molar-refractivity contribution in [3.05, 3.63) is 0 Å². The second kappa shape index (κ2) is 4.38. The third-order valence-corrected chi connectivity index (χ3v) is 4.15. The van der Waals surface area contributed by atoms with E-state index in [4.69, 9.17) is 5.73 Å². The second-order valence-electron chi connectivity index (χ2n) is 5.51. The van der Waals surface area contributed by atoms with Crippen molar-refractivity contribution in [2.24, 2.45) is 11.7 Å². The van der Waals surface area contributed by atoms with Gasteiger partial charge in [-0.3, -0.25) is 0 Å². The lowest BCUT2D eigenvalue weighted by Gasteiger charge is -2.42. The van der Waals surface area contributed by atoms with Gasteiger partial charge >= 0.3 is 0 Å². The number of nitrogens with one attached hydrogen (secondary N) is 1. The first-order chi connectivity index (χ1) is 7.10. The van der Waals surface area contributed by atoms with Crippen LogP contribution < -0.4 is 11.1 Å². The molecule has 1 saturated carbocycles. The summed E-state index contributed by atoms with van der Waals surface area (Å²) >= 11 is 0. The summed E-state index contributed by atoms with van der Waals surface area (Å²) in [6.45, 7) is 3.20. The number of rotatable bonds is 1. The van der Waals surface area contributed by atoms with Crippen molar-refractivity contribution in [3.63, 3.8) is 0 Å². The molecule has 0 radical (unpaired) electrons. The first-order valence-corrected chi connectivity index (χ1v) is 6.28. The van der Waals surface area contributed by atoms with Gasteiger partial charge in [-0.2, -0.15) is 0 Å². The summed E-state index contributed by atoms with van der Waals surface area (Å²) in [5, 5.41) is 3.36. The van der Waals surface area contributed by atoms with E-state index in [1.165, 1.54) is 6.42 Å². The number of hydrogen-bond acceptors (Lipinski definition) is 2. The van der Waals surface area contributed by atoms with Crippen molar-refractivity contribution >= 4 is 0 Å². The highest BCUT2D eigenvalue weighted by atomic mass is 19.1. The summed E-state index contributed by atoms with van der Waals surface area (Å²) < 4.78 is 14.7. The lowest BCUT2D eigenvalue weighted by Crippen LogP contribution is -2.54. The molecule has 3 heteroatoms. The van der Waals surface area contributed by atoms with E-state index < -0.39 is 5.67 Å². The minimum absolute atomic E-state index is 0.0775. The molecular weight excluding hydrogens is 191 g/mol. The number of piperidine rings is 1. The zero-order valence-corrected chi connectivity index (χ0v) is 9.64. The van der Waals surface area contributed by atoms with Crippen molar-refractivity contribution in [1.82, 2.24) is 5.32 Å². The van der Waals surface area contributed by atoms with Crippen LogP contribution in [0.5, 0.6) is 0 Å². The lowest BCUT2D eigenvalue weighted by atomic mass is 9.75. The van der Waals surface area contributed by atoms with Gasteiger partial charge in [0, 0.05) is 12.1 Å². The molecule has 15 heavy (non-hydrogen) atoms. The van der Waals surface area contributed by atoms with E-state index in [-0.39, 0.29) is 12.1 Å². The van der Waals surface area contributed by atoms with Gasteiger partial charge in [-0.05, 0) is 51.0 Å². The summed E-state index contributed by atoms with van der Waals surface area (Å²) in [4.78, 5) is 0. The van der Waals surface area contributed by atoms with Gasteiger partial charge in [-0.1, -0.05) is 6.92 Å². The smallest absolute Gasteiger partial charge is 0.126 e. The molecule has 0 bridgehead atoms. The third kappa shape index (κ3) is 2.51. The van der Waals surface area contributed by atoms with Crippen LogP contribution in [0.25, 0.3) is 0 Å². The Labute approximate surface area is 91.8 Å². The van der Waals surface area contributed by atoms with Crippen molar-refractivity contribution < 1.29 is 4.39 Å². The van der Waals surface area contributed by atoms with Crippen molar-refractivity contribution in [1.29, 1.82) is 0 Å². The van der Waals surface area contributed by atoms with E-state index in [2.05, 4.69) is 12.2 Å². The fraction of sp³-hybridized carbons (Fsp3) is 1.00. The molecule has 0 spiro atoms. The van der Waals surface area contributed by atoms with Crippen LogP contribution in [0, 0.1) is 5.92 Å². The van der Waals surface area contributed by atoms with Crippen LogP contribution in [0.4, 0.5) is 4.39 Å². The third-order valence-electron chi connectivity index (χ3n) is 4.15. The maximum absolute atomic E-state index is 14.7. The Bertz CT molecular complexity index is 212. The molecule has 1 aliphatic heterocycles. The maximum Gasteiger partial charge on any atom is 0.126 e. The number of nitrogens with two attached hydrogens (primary N) is 1. The summed E-state index contributed by atoms with van der Waals surface area (Å²) in [7, 11) is 0. The molecule has 2 nitrogen and oxygen atoms in total. The average Bonchev–Trinajstić information content (AvgIpc) is 2.23. The Kier molecular flexibility index (Phi) is 3.31. The predicted octanol–water partition coefficient (Wildman–Crippen LogP) is 1.98. The Morgan fingerprint density at radius 1 is 1.27 bits per heavy atom. The van der Waals surface area contributed by atoms with Gasteiger partial charge in [0.05, 0.1) is 0 Å². The van der Waals surface area contributed by atoms with Crippen LogP contribution in [0.3, 0.4) is 0 Å². The fourth-order valence-electron chi connectivity index (χ4n) is 2.97. The summed E-state index contributed by atoms with van der Waals surface area (Å²) in [5.41, 5.74) is 4.84. The van der Waals surface area contributed by atoms with Gasteiger partial charge in [-0.15, -0.1) is 0 Å². The van der Waals surface area contributed by atoms with E-state index in [0.717, 1.165) is 25.8 Å². The van der Waals surface area contributed by atoms with Gasteiger partial charge in [0.25, 0.3) is 0 Å². The molecule has 0 aromatic heterocycles. The number of halogens is 1. The number of hydrogen-bond donors (Lipinski definition) is 2. The van der Waals surface area contributed by atoms with Gasteiger partial charge in [0.2, 0.25) is 0 Å². The number of alkyl halides is 1. The summed E-state index contributed by atoms with van der Waals surface area (Å²) in [6, 6.07) is 0.309. The maximum atomic E-state index is 14.7. The highest BCUT2D eigenvalue weighted by molar-refractivity contribution is 4.98. The average molecular weight is 214 g/mol. The van der Waals surface area contributed by atoms with Gasteiger partial charge < -0.3 is 11.1 Å². The van der Waals surface area contributed by atoms with E-state index in [9.17, 15) is 4.39 Å². The largest absolute Gasteiger partial charge is 0.328 e. The molecule has 2 rings (SSSR count). The van der Waals surface area contributed by atoms with Crippen molar-refractivity contribution in [3.8, 4) is 0 Å². The van der Waals surface area contributed by atoms with Crippen LogP contribution >= 0.6 is 0 Å². The Morgan fingerprint density at radius 3 is 2.53 bits per heavy atom. The summed E-state index contributed by atoms with van der Waals surface area (Å²) in [6.07, 6.45) is 5.18. The van der Waals surface area contributed by atoms with Crippen LogP contribution in [-0.4, -0.2) is 24.3 Å². The molecule has 3 N–H and O–H groups in total. The molecule has 88 valence electrons.